The van der Waals surface area contributed by atoms with Gasteiger partial charge in [0, 0.05) is 66.7 Å². The second-order valence-corrected chi connectivity index (χ2v) is 8.37. The fraction of sp³-hybridized carbons (Fsp3) is 0.429. The molecule has 0 atom stereocenters. The number of carbonyl (C=O) groups excluding carboxylic acids is 2. The van der Waals surface area contributed by atoms with Crippen LogP contribution in [0.3, 0.4) is 0 Å². The van der Waals surface area contributed by atoms with Gasteiger partial charge in [-0.25, -0.2) is 0 Å². The second-order valence-electron chi connectivity index (χ2n) is 7.49. The highest BCUT2D eigenvalue weighted by Gasteiger charge is 2.24. The van der Waals surface area contributed by atoms with Gasteiger partial charge < -0.3 is 24.4 Å². The average Bonchev–Trinajstić information content (AvgIpc) is 3.28. The van der Waals surface area contributed by atoms with Gasteiger partial charge in [-0.2, -0.15) is 4.98 Å². The van der Waals surface area contributed by atoms with Crippen molar-refractivity contribution in [2.75, 3.05) is 50.8 Å². The highest BCUT2D eigenvalue weighted by atomic mass is 35.5. The van der Waals surface area contributed by atoms with Crippen molar-refractivity contribution in [2.45, 2.75) is 12.8 Å². The van der Waals surface area contributed by atoms with E-state index >= 15 is 0 Å². The molecule has 1 aromatic carbocycles. The number of hydrogen-bond acceptors (Lipinski definition) is 7. The number of carbonyl (C=O) groups is 2. The Kier molecular flexibility index (Phi) is 7.29. The van der Waals surface area contributed by atoms with Crippen LogP contribution in [0.4, 0.5) is 6.01 Å². The fourth-order valence-electron chi connectivity index (χ4n) is 3.58. The van der Waals surface area contributed by atoms with E-state index in [0.717, 1.165) is 5.57 Å². The van der Waals surface area contributed by atoms with Crippen LogP contribution in [-0.2, 0) is 14.3 Å². The molecule has 32 heavy (non-hydrogen) atoms. The summed E-state index contributed by atoms with van der Waals surface area (Å²) in [5, 5.41) is 7.85. The first-order valence-electron chi connectivity index (χ1n) is 10.4. The molecular formula is C21H23Cl2N5O4. The van der Waals surface area contributed by atoms with Crippen molar-refractivity contribution in [3.05, 3.63) is 39.9 Å². The molecule has 2 aromatic rings. The molecule has 9 nitrogen and oxygen atoms in total. The molecule has 0 aliphatic carbocycles. The van der Waals surface area contributed by atoms with Gasteiger partial charge in [-0.1, -0.05) is 34.4 Å². The second kappa shape index (κ2) is 10.3. The summed E-state index contributed by atoms with van der Waals surface area (Å²) in [4.78, 5) is 33.2. The number of rotatable bonds is 3. The van der Waals surface area contributed by atoms with Gasteiger partial charge in [0.15, 0.2) is 0 Å². The molecule has 3 heterocycles. The Labute approximate surface area is 195 Å². The maximum absolute atomic E-state index is 13.0. The Bertz CT molecular complexity index is 1010. The average molecular weight is 480 g/mol. The Morgan fingerprint density at radius 2 is 1.88 bits per heavy atom. The number of ether oxygens (including phenoxy) is 1. The van der Waals surface area contributed by atoms with Crippen molar-refractivity contribution < 1.29 is 18.8 Å². The smallest absolute Gasteiger partial charge is 0.324 e. The summed E-state index contributed by atoms with van der Waals surface area (Å²) in [6.45, 7) is 3.08. The SMILES string of the molecule is O=C1CCN(C(=O)C2=CCOCC2)CCN(c2nc(-c3cc(Cl)cc(Cl)c3)no2)CCN1. The number of aromatic nitrogens is 2. The number of nitrogens with zero attached hydrogens (tertiary/aromatic N) is 4. The Morgan fingerprint density at radius 1 is 1.06 bits per heavy atom. The molecule has 0 bridgehead atoms. The Hall–Kier alpha value is -2.62. The van der Waals surface area contributed by atoms with E-state index in [-0.39, 0.29) is 18.2 Å². The predicted octanol–water partition coefficient (Wildman–Crippen LogP) is 2.54. The van der Waals surface area contributed by atoms with Crippen LogP contribution < -0.4 is 10.2 Å². The molecule has 1 N–H and O–H groups in total. The molecule has 1 fully saturated rings. The summed E-state index contributed by atoms with van der Waals surface area (Å²) in [5.41, 5.74) is 1.35. The van der Waals surface area contributed by atoms with Crippen molar-refractivity contribution in [1.29, 1.82) is 0 Å². The molecule has 170 valence electrons. The third kappa shape index (κ3) is 5.59. The summed E-state index contributed by atoms with van der Waals surface area (Å²) in [6.07, 6.45) is 2.64. The van der Waals surface area contributed by atoms with Gasteiger partial charge in [0.1, 0.15) is 0 Å². The first-order valence-corrected chi connectivity index (χ1v) is 11.1. The van der Waals surface area contributed by atoms with Crippen LogP contribution in [0.5, 0.6) is 0 Å². The van der Waals surface area contributed by atoms with Gasteiger partial charge in [0.05, 0.1) is 13.2 Å². The van der Waals surface area contributed by atoms with E-state index in [4.69, 9.17) is 32.5 Å². The summed E-state index contributed by atoms with van der Waals surface area (Å²) < 4.78 is 10.8. The highest BCUT2D eigenvalue weighted by molar-refractivity contribution is 6.35. The molecular weight excluding hydrogens is 457 g/mol. The third-order valence-electron chi connectivity index (χ3n) is 5.28. The van der Waals surface area contributed by atoms with Gasteiger partial charge in [0.2, 0.25) is 17.6 Å². The number of nitrogens with one attached hydrogen (secondary N) is 1. The van der Waals surface area contributed by atoms with Crippen molar-refractivity contribution >= 4 is 41.0 Å². The fourth-order valence-corrected chi connectivity index (χ4v) is 4.11. The summed E-state index contributed by atoms with van der Waals surface area (Å²) >= 11 is 12.2. The van der Waals surface area contributed by atoms with Crippen LogP contribution in [0.25, 0.3) is 11.4 Å². The minimum absolute atomic E-state index is 0.0681. The van der Waals surface area contributed by atoms with Crippen molar-refractivity contribution in [2.24, 2.45) is 0 Å². The van der Waals surface area contributed by atoms with Crippen molar-refractivity contribution in [1.82, 2.24) is 20.4 Å². The van der Waals surface area contributed by atoms with E-state index < -0.39 is 0 Å². The van der Waals surface area contributed by atoms with E-state index in [9.17, 15) is 9.59 Å². The molecule has 0 spiro atoms. The largest absolute Gasteiger partial charge is 0.377 e. The zero-order chi connectivity index (χ0) is 22.5. The molecule has 1 saturated heterocycles. The van der Waals surface area contributed by atoms with Crippen LogP contribution in [-0.4, -0.2) is 72.8 Å². The maximum Gasteiger partial charge on any atom is 0.324 e. The zero-order valence-corrected chi connectivity index (χ0v) is 18.9. The molecule has 0 saturated carbocycles. The van der Waals surface area contributed by atoms with E-state index in [1.54, 1.807) is 23.1 Å². The first-order chi connectivity index (χ1) is 15.5. The molecule has 0 unspecified atom stereocenters. The van der Waals surface area contributed by atoms with Gasteiger partial charge in [0.25, 0.3) is 0 Å². The molecule has 1 aromatic heterocycles. The molecule has 2 amide bonds. The predicted molar refractivity (Wildman–Crippen MR) is 120 cm³/mol. The van der Waals surface area contributed by atoms with Gasteiger partial charge in [-0.3, -0.25) is 9.59 Å². The molecule has 0 radical (unpaired) electrons. The van der Waals surface area contributed by atoms with Gasteiger partial charge in [-0.05, 0) is 18.2 Å². The molecule has 11 heteroatoms. The zero-order valence-electron chi connectivity index (χ0n) is 17.4. The lowest BCUT2D eigenvalue weighted by Crippen LogP contribution is -2.45. The maximum atomic E-state index is 13.0. The number of anilines is 1. The van der Waals surface area contributed by atoms with Crippen LogP contribution in [0.1, 0.15) is 12.8 Å². The molecule has 2 aliphatic heterocycles. The lowest BCUT2D eigenvalue weighted by Gasteiger charge is -2.29. The number of halogens is 2. The molecule has 2 aliphatic rings. The van der Waals surface area contributed by atoms with E-state index in [1.165, 1.54) is 0 Å². The van der Waals surface area contributed by atoms with Crippen molar-refractivity contribution in [3.8, 4) is 11.4 Å². The highest BCUT2D eigenvalue weighted by Crippen LogP contribution is 2.27. The summed E-state index contributed by atoms with van der Waals surface area (Å²) in [7, 11) is 0. The summed E-state index contributed by atoms with van der Waals surface area (Å²) in [5.74, 6) is 0.178. The first kappa shape index (κ1) is 22.6. The van der Waals surface area contributed by atoms with Crippen LogP contribution in [0.2, 0.25) is 10.0 Å². The number of amides is 2. The van der Waals surface area contributed by atoms with Gasteiger partial charge in [-0.15, -0.1) is 0 Å². The van der Waals surface area contributed by atoms with E-state index in [1.807, 2.05) is 11.0 Å². The lowest BCUT2D eigenvalue weighted by molar-refractivity contribution is -0.128. The topological polar surface area (TPSA) is 101 Å². The monoisotopic (exact) mass is 479 g/mol. The van der Waals surface area contributed by atoms with Crippen LogP contribution in [0.15, 0.2) is 34.4 Å². The quantitative estimate of drug-likeness (QED) is 0.721. The number of hydrogen-bond donors (Lipinski definition) is 1. The minimum atomic E-state index is -0.106. The van der Waals surface area contributed by atoms with E-state index in [0.29, 0.717) is 79.8 Å². The summed E-state index contributed by atoms with van der Waals surface area (Å²) in [6, 6.07) is 5.32. The standard InChI is InChI=1S/C21H23Cl2N5O4/c22-16-11-15(12-17(23)13-16)19-25-21(32-26-19)28-6-4-24-18(29)1-5-27(7-8-28)20(30)14-2-9-31-10-3-14/h2,11-13H,1,3-10H2,(H,24,29). The van der Waals surface area contributed by atoms with Crippen molar-refractivity contribution in [3.63, 3.8) is 0 Å². The Morgan fingerprint density at radius 3 is 2.62 bits per heavy atom. The third-order valence-corrected chi connectivity index (χ3v) is 5.72. The van der Waals surface area contributed by atoms with Crippen LogP contribution >= 0.6 is 23.2 Å². The normalized spacial score (nSPS) is 18.2. The minimum Gasteiger partial charge on any atom is -0.377 e. The lowest BCUT2D eigenvalue weighted by atomic mass is 10.1. The van der Waals surface area contributed by atoms with Crippen LogP contribution in [0, 0.1) is 0 Å². The van der Waals surface area contributed by atoms with E-state index in [2.05, 4.69) is 15.5 Å². The molecule has 4 rings (SSSR count). The Balaban J connectivity index is 1.52. The van der Waals surface area contributed by atoms with Gasteiger partial charge >= 0.3 is 6.01 Å². The number of benzene rings is 1.